The molecule has 0 radical (unpaired) electrons. The van der Waals surface area contributed by atoms with Crippen molar-refractivity contribution in [2.75, 3.05) is 14.7 Å². The van der Waals surface area contributed by atoms with E-state index in [1.807, 2.05) is 110 Å². The molecule has 446 valence electrons. The molecule has 3 aliphatic heterocycles. The maximum absolute atomic E-state index is 9.41. The van der Waals surface area contributed by atoms with Crippen molar-refractivity contribution in [1.29, 1.82) is 0 Å². The number of ether oxygens (including phenoxy) is 1. The van der Waals surface area contributed by atoms with E-state index in [0.29, 0.717) is 50.8 Å². The first kappa shape index (κ1) is 48.4. The van der Waals surface area contributed by atoms with Gasteiger partial charge >= 0.3 is 0 Å². The number of benzene rings is 10. The number of anilines is 7. The number of hydrogen-bond donors (Lipinski definition) is 0. The van der Waals surface area contributed by atoms with Crippen LogP contribution in [0.15, 0.2) is 230 Å². The van der Waals surface area contributed by atoms with Crippen molar-refractivity contribution >= 4 is 68.8 Å². The van der Waals surface area contributed by atoms with E-state index >= 15 is 0 Å². The maximum Gasteiger partial charge on any atom is 0.135 e. The van der Waals surface area contributed by atoms with Gasteiger partial charge in [-0.15, -0.1) is 47.9 Å². The zero-order chi connectivity index (χ0) is 69.8. The molecule has 0 bridgehead atoms. The Bertz CT molecular complexity index is 5040. The predicted molar refractivity (Wildman–Crippen MR) is 372 cm³/mol. The molecule has 3 aliphatic rings. The van der Waals surface area contributed by atoms with E-state index in [0.717, 1.165) is 34.0 Å². The largest absolute Gasteiger partial charge is 0.509 e. The molecule has 7 heteroatoms. The van der Waals surface area contributed by atoms with Crippen LogP contribution in [0.4, 0.5) is 39.9 Å². The van der Waals surface area contributed by atoms with Gasteiger partial charge in [-0.3, -0.25) is 0 Å². The molecule has 1 spiro atoms. The van der Waals surface area contributed by atoms with E-state index < -0.39 is 49.7 Å². The molecule has 0 atom stereocenters. The molecule has 0 fully saturated rings. The number of pyridine rings is 1. The molecule has 0 N–H and O–H groups in total. The zero-order valence-corrected chi connectivity index (χ0v) is 55.5. The van der Waals surface area contributed by atoms with Gasteiger partial charge in [0, 0.05) is 72.6 Å². The smallest absolute Gasteiger partial charge is 0.135 e. The van der Waals surface area contributed by atoms with E-state index in [1.165, 1.54) is 43.0 Å². The maximum atomic E-state index is 9.41. The topological polar surface area (TPSA) is 31.8 Å². The van der Waals surface area contributed by atoms with Gasteiger partial charge in [-0.05, 0) is 129 Å². The molecule has 11 aromatic rings. The summed E-state index contributed by atoms with van der Waals surface area (Å²) in [5, 5.41) is 5.12. The number of para-hydroxylation sites is 4. The zero-order valence-electron chi connectivity index (χ0n) is 62.3. The van der Waals surface area contributed by atoms with Gasteiger partial charge in [-0.2, -0.15) is 12.1 Å². The fraction of sp³-hybridized carbons (Fsp3) is 0.195. The first-order chi connectivity index (χ1) is 46.3. The van der Waals surface area contributed by atoms with Gasteiger partial charge in [0.05, 0.1) is 13.7 Å². The van der Waals surface area contributed by atoms with E-state index in [2.05, 4.69) is 158 Å². The van der Waals surface area contributed by atoms with Crippen LogP contribution in [-0.2, 0) is 42.7 Å². The van der Waals surface area contributed by atoms with Crippen molar-refractivity contribution in [3.05, 3.63) is 271 Å². The molecule has 0 aliphatic carbocycles. The molecule has 0 amide bonds. The number of aromatic nitrogens is 1. The summed E-state index contributed by atoms with van der Waals surface area (Å²) in [6.07, 6.45) is 1.91. The summed E-state index contributed by atoms with van der Waals surface area (Å²) < 4.78 is 96.4. The summed E-state index contributed by atoms with van der Waals surface area (Å²) in [6, 6.07) is 59.6. The van der Waals surface area contributed by atoms with Crippen LogP contribution in [0.3, 0.4) is 0 Å². The van der Waals surface area contributed by atoms with Gasteiger partial charge in [0.25, 0.3) is 0 Å². The Morgan fingerprint density at radius 3 is 1.60 bits per heavy atom. The molecular weight excluding hydrogens is 1280 g/mol. The fourth-order valence-corrected chi connectivity index (χ4v) is 18.5. The normalized spacial score (nSPS) is 15.5. The second-order valence-corrected chi connectivity index (χ2v) is 31.1. The molecule has 10 aromatic carbocycles. The van der Waals surface area contributed by atoms with Crippen molar-refractivity contribution in [3.8, 4) is 56.0 Å². The second kappa shape index (κ2) is 22.2. The summed E-state index contributed by atoms with van der Waals surface area (Å²) in [5.74, 6) is 1.64. The fourth-order valence-electron chi connectivity index (χ4n) is 12.9. The Morgan fingerprint density at radius 1 is 0.427 bits per heavy atom. The molecule has 14 rings (SSSR count). The van der Waals surface area contributed by atoms with Crippen molar-refractivity contribution in [1.82, 2.24) is 4.98 Å². The third-order valence-corrected chi connectivity index (χ3v) is 22.5. The average molecular weight is 1370 g/mol. The van der Waals surface area contributed by atoms with E-state index in [4.69, 9.17) is 20.7 Å². The number of rotatable bonds is 8. The summed E-state index contributed by atoms with van der Waals surface area (Å²) >= 11 is 0. The van der Waals surface area contributed by atoms with E-state index in [-0.39, 0.29) is 72.6 Å². The summed E-state index contributed by atoms with van der Waals surface area (Å²) in [4.78, 5) is 11.4. The van der Waals surface area contributed by atoms with Crippen LogP contribution >= 0.6 is 0 Å². The SMILES string of the molecule is [2H]c1c([2H])c([2H])c(-c2cc(-c3cccc(-c4c([2H])c([2H])c([2H])c([2H])c4[2H])c3N3[CH-]N(c4[c-]c(Oc5[c-]c6c(cc5)[Si]5(c7cc(C(C)(C)C)ccc7-c7ccc(C(C)(C)C)cc75)c5ccccc5N6c5cc(C(C)(C)C)ccn5)ccc4)c4ccccc43)cc(C(C)(C)C)c2)c([2H])c1[2H].[Pt]. The molecule has 89 heavy (non-hydrogen) atoms. The Morgan fingerprint density at radius 2 is 0.966 bits per heavy atom. The summed E-state index contributed by atoms with van der Waals surface area (Å²) in [6.45, 7) is 28.4. The summed E-state index contributed by atoms with van der Waals surface area (Å²) in [5.41, 5.74) is 12.3. The first-order valence-electron chi connectivity index (χ1n) is 35.2. The quantitative estimate of drug-likeness (QED) is 0.112. The van der Waals surface area contributed by atoms with Crippen molar-refractivity contribution in [3.63, 3.8) is 0 Å². The van der Waals surface area contributed by atoms with Crippen molar-refractivity contribution < 1.29 is 39.5 Å². The minimum absolute atomic E-state index is 0. The van der Waals surface area contributed by atoms with Crippen LogP contribution in [0, 0.1) is 18.8 Å². The van der Waals surface area contributed by atoms with Crippen LogP contribution in [0.1, 0.15) is 119 Å². The van der Waals surface area contributed by atoms with Crippen molar-refractivity contribution in [2.24, 2.45) is 0 Å². The van der Waals surface area contributed by atoms with Gasteiger partial charge < -0.3 is 19.4 Å². The predicted octanol–water partition coefficient (Wildman–Crippen LogP) is 19.2. The van der Waals surface area contributed by atoms with Gasteiger partial charge in [0.1, 0.15) is 13.9 Å². The third kappa shape index (κ3) is 10.4. The first-order valence-corrected chi connectivity index (χ1v) is 32.2. The van der Waals surface area contributed by atoms with Crippen LogP contribution < -0.4 is 40.2 Å². The number of hydrogen-bond acceptors (Lipinski definition) is 5. The minimum Gasteiger partial charge on any atom is -0.509 e. The average Bonchev–Trinajstić information content (AvgIpc) is 1.55. The molecule has 5 nitrogen and oxygen atoms in total. The second-order valence-electron chi connectivity index (χ2n) is 27.5. The summed E-state index contributed by atoms with van der Waals surface area (Å²) in [7, 11) is -3.23. The number of nitrogens with zero attached hydrogens (tertiary/aromatic N) is 4. The van der Waals surface area contributed by atoms with E-state index in [1.54, 1.807) is 18.2 Å². The number of fused-ring (bicyclic) bond motifs is 10. The Balaban J connectivity index is 0.00000880. The molecule has 0 saturated carbocycles. The molecular formula is C82H75N4OPtSi-3. The minimum atomic E-state index is -3.23. The van der Waals surface area contributed by atoms with Crippen LogP contribution in [-0.4, -0.2) is 13.1 Å². The van der Waals surface area contributed by atoms with Crippen LogP contribution in [0.25, 0.3) is 44.5 Å². The molecule has 0 saturated heterocycles. The third-order valence-electron chi connectivity index (χ3n) is 17.6. The van der Waals surface area contributed by atoms with Crippen molar-refractivity contribution in [2.45, 2.75) is 105 Å². The van der Waals surface area contributed by atoms with Gasteiger partial charge in [-0.25, -0.2) is 4.98 Å². The Kier molecular flexibility index (Phi) is 12.1. The molecule has 1 aromatic heterocycles. The van der Waals surface area contributed by atoms with Crippen LogP contribution in [0.5, 0.6) is 11.5 Å². The Labute approximate surface area is 557 Å². The van der Waals surface area contributed by atoms with Gasteiger partial charge in [0.15, 0.2) is 0 Å². The van der Waals surface area contributed by atoms with Crippen LogP contribution in [0.2, 0.25) is 0 Å². The molecule has 0 unspecified atom stereocenters. The van der Waals surface area contributed by atoms with E-state index in [9.17, 15) is 2.74 Å². The Hall–Kier alpha value is -8.54. The van der Waals surface area contributed by atoms with Gasteiger partial charge in [0.2, 0.25) is 0 Å². The molecule has 4 heterocycles. The van der Waals surface area contributed by atoms with Gasteiger partial charge in [-0.1, -0.05) is 246 Å². The monoisotopic (exact) mass is 1360 g/mol. The standard InChI is InChI=1S/C82H75N4OSi.Pt/c1-79(2,3)58-37-40-67-68-41-38-59(80(4,5)6)49-76(68)88(75(67)48-58)73-36-22-21-35-71(73)86(77-50-60(43-44-83-77)81(7,8)9)72-52-64(39-42-74(72)88)87-63-30-23-29-62(51-63)84-53-85(70-34-20-19-33-69(70)84)78-65(55-27-17-14-18-28-55)31-24-32-66(78)57-45-56(54-25-15-13-16-26-54)46-61(47-57)82(10,11)12;/h13-50,53H,1-12H3;/q-3;/i13D,14D,15D,16D,17D,18D,25D,26D,27D,28D;.